The van der Waals surface area contributed by atoms with Crippen LogP contribution in [0.4, 0.5) is 13.2 Å². The van der Waals surface area contributed by atoms with Crippen LogP contribution in [0.2, 0.25) is 0 Å². The third kappa shape index (κ3) is 3.72. The molecular weight excluding hydrogens is 283 g/mol. The summed E-state index contributed by atoms with van der Waals surface area (Å²) in [5.74, 6) is -4.26. The number of nitrogens with one attached hydrogen (secondary N) is 1. The SMILES string of the molecule is O=C(O)C(CNCc1cccc2ccccc12)C(F)(F)F. The van der Waals surface area contributed by atoms with E-state index in [-0.39, 0.29) is 6.54 Å². The highest BCUT2D eigenvalue weighted by molar-refractivity contribution is 5.85. The zero-order valence-electron chi connectivity index (χ0n) is 11.0. The van der Waals surface area contributed by atoms with Gasteiger partial charge in [-0.25, -0.2) is 0 Å². The van der Waals surface area contributed by atoms with Gasteiger partial charge in [0.25, 0.3) is 0 Å². The van der Waals surface area contributed by atoms with Gasteiger partial charge < -0.3 is 10.4 Å². The van der Waals surface area contributed by atoms with Gasteiger partial charge in [0.05, 0.1) is 0 Å². The lowest BCUT2D eigenvalue weighted by Crippen LogP contribution is -2.38. The number of alkyl halides is 3. The first-order valence-corrected chi connectivity index (χ1v) is 6.36. The monoisotopic (exact) mass is 297 g/mol. The van der Waals surface area contributed by atoms with Gasteiger partial charge in [0.1, 0.15) is 0 Å². The third-order valence-corrected chi connectivity index (χ3v) is 3.24. The van der Waals surface area contributed by atoms with E-state index < -0.39 is 24.6 Å². The highest BCUT2D eigenvalue weighted by Gasteiger charge is 2.44. The zero-order valence-corrected chi connectivity index (χ0v) is 11.0. The van der Waals surface area contributed by atoms with Crippen LogP contribution in [-0.2, 0) is 11.3 Å². The molecule has 2 N–H and O–H groups in total. The van der Waals surface area contributed by atoms with Gasteiger partial charge in [0, 0.05) is 13.1 Å². The molecule has 0 heterocycles. The molecule has 0 saturated heterocycles. The minimum Gasteiger partial charge on any atom is -0.481 e. The number of aliphatic carboxylic acids is 1. The molecule has 3 nitrogen and oxygen atoms in total. The highest BCUT2D eigenvalue weighted by Crippen LogP contribution is 2.26. The van der Waals surface area contributed by atoms with Gasteiger partial charge >= 0.3 is 12.1 Å². The number of hydrogen-bond donors (Lipinski definition) is 2. The van der Waals surface area contributed by atoms with Crippen molar-refractivity contribution in [2.24, 2.45) is 5.92 Å². The summed E-state index contributed by atoms with van der Waals surface area (Å²) in [7, 11) is 0. The maximum absolute atomic E-state index is 12.5. The van der Waals surface area contributed by atoms with Gasteiger partial charge in [0.15, 0.2) is 5.92 Å². The summed E-state index contributed by atoms with van der Waals surface area (Å²) in [6, 6.07) is 13.1. The molecule has 112 valence electrons. The molecule has 0 aliphatic rings. The molecule has 0 bridgehead atoms. The molecule has 2 rings (SSSR count). The van der Waals surface area contributed by atoms with Crippen LogP contribution in [0.1, 0.15) is 5.56 Å². The van der Waals surface area contributed by atoms with Crippen LogP contribution in [0.25, 0.3) is 10.8 Å². The largest absolute Gasteiger partial charge is 0.481 e. The second kappa shape index (κ2) is 6.13. The lowest BCUT2D eigenvalue weighted by molar-refractivity contribution is -0.192. The summed E-state index contributed by atoms with van der Waals surface area (Å²) < 4.78 is 37.6. The topological polar surface area (TPSA) is 49.3 Å². The van der Waals surface area contributed by atoms with E-state index in [0.29, 0.717) is 0 Å². The number of hydrogen-bond acceptors (Lipinski definition) is 2. The van der Waals surface area contributed by atoms with Crippen LogP contribution in [0, 0.1) is 5.92 Å². The predicted molar refractivity (Wildman–Crippen MR) is 72.8 cm³/mol. The Morgan fingerprint density at radius 1 is 1.14 bits per heavy atom. The second-order valence-electron chi connectivity index (χ2n) is 4.70. The molecule has 21 heavy (non-hydrogen) atoms. The number of carbonyl (C=O) groups is 1. The molecule has 0 fully saturated rings. The fourth-order valence-corrected chi connectivity index (χ4v) is 2.14. The molecular formula is C15H14F3NO2. The smallest absolute Gasteiger partial charge is 0.403 e. The first-order chi connectivity index (χ1) is 9.89. The van der Waals surface area contributed by atoms with Crippen molar-refractivity contribution in [1.82, 2.24) is 5.32 Å². The lowest BCUT2D eigenvalue weighted by Gasteiger charge is -2.17. The molecule has 0 aliphatic heterocycles. The van der Waals surface area contributed by atoms with E-state index in [2.05, 4.69) is 5.32 Å². The van der Waals surface area contributed by atoms with E-state index >= 15 is 0 Å². The van der Waals surface area contributed by atoms with E-state index in [1.807, 2.05) is 36.4 Å². The van der Waals surface area contributed by atoms with Crippen molar-refractivity contribution in [3.63, 3.8) is 0 Å². The summed E-state index contributed by atoms with van der Waals surface area (Å²) >= 11 is 0. The molecule has 0 aliphatic carbocycles. The van der Waals surface area contributed by atoms with Gasteiger partial charge in [-0.05, 0) is 16.3 Å². The average Bonchev–Trinajstić information content (AvgIpc) is 2.42. The summed E-state index contributed by atoms with van der Waals surface area (Å²) in [5, 5.41) is 13.1. The Labute approximate surface area is 119 Å². The summed E-state index contributed by atoms with van der Waals surface area (Å²) in [4.78, 5) is 10.6. The number of carboxylic acid groups (broad SMARTS) is 1. The number of carboxylic acids is 1. The van der Waals surface area contributed by atoms with Crippen molar-refractivity contribution in [2.45, 2.75) is 12.7 Å². The van der Waals surface area contributed by atoms with Crippen molar-refractivity contribution in [3.8, 4) is 0 Å². The zero-order chi connectivity index (χ0) is 15.5. The molecule has 0 aromatic heterocycles. The van der Waals surface area contributed by atoms with Crippen molar-refractivity contribution in [3.05, 3.63) is 48.0 Å². The van der Waals surface area contributed by atoms with E-state index in [9.17, 15) is 18.0 Å². The van der Waals surface area contributed by atoms with Crippen LogP contribution in [0.5, 0.6) is 0 Å². The Morgan fingerprint density at radius 2 is 1.81 bits per heavy atom. The first kappa shape index (κ1) is 15.3. The fourth-order valence-electron chi connectivity index (χ4n) is 2.14. The second-order valence-corrected chi connectivity index (χ2v) is 4.70. The van der Waals surface area contributed by atoms with E-state index in [0.717, 1.165) is 16.3 Å². The Hall–Kier alpha value is -2.08. The Morgan fingerprint density at radius 3 is 2.48 bits per heavy atom. The summed E-state index contributed by atoms with van der Waals surface area (Å²) in [6.45, 7) is -0.469. The van der Waals surface area contributed by atoms with Crippen molar-refractivity contribution >= 4 is 16.7 Å². The van der Waals surface area contributed by atoms with Gasteiger partial charge in [-0.3, -0.25) is 4.79 Å². The lowest BCUT2D eigenvalue weighted by atomic mass is 10.0. The molecule has 1 atom stereocenters. The molecule has 1 unspecified atom stereocenters. The highest BCUT2D eigenvalue weighted by atomic mass is 19.4. The minimum atomic E-state index is -4.75. The normalized spacial score (nSPS) is 13.3. The average molecular weight is 297 g/mol. The van der Waals surface area contributed by atoms with Crippen molar-refractivity contribution in [1.29, 1.82) is 0 Å². The minimum absolute atomic E-state index is 0.182. The van der Waals surface area contributed by atoms with Crippen LogP contribution in [0.3, 0.4) is 0 Å². The van der Waals surface area contributed by atoms with Crippen LogP contribution in [0.15, 0.2) is 42.5 Å². The third-order valence-electron chi connectivity index (χ3n) is 3.24. The van der Waals surface area contributed by atoms with Gasteiger partial charge in [-0.2, -0.15) is 13.2 Å². The number of benzene rings is 2. The van der Waals surface area contributed by atoms with Gasteiger partial charge in [-0.15, -0.1) is 0 Å². The quantitative estimate of drug-likeness (QED) is 0.891. The Kier molecular flexibility index (Phi) is 4.47. The standard InChI is InChI=1S/C15H14F3NO2/c16-15(17,18)13(14(20)21)9-19-8-11-6-3-5-10-4-1-2-7-12(10)11/h1-7,13,19H,8-9H2,(H,20,21). The molecule has 2 aromatic rings. The molecule has 0 spiro atoms. The van der Waals surface area contributed by atoms with E-state index in [1.54, 1.807) is 6.07 Å². The summed E-state index contributed by atoms with van der Waals surface area (Å²) in [6.07, 6.45) is -4.75. The number of fused-ring (bicyclic) bond motifs is 1. The Bertz CT molecular complexity index is 635. The van der Waals surface area contributed by atoms with Crippen molar-refractivity contribution in [2.75, 3.05) is 6.54 Å². The van der Waals surface area contributed by atoms with Gasteiger partial charge in [-0.1, -0.05) is 42.5 Å². The molecule has 2 aromatic carbocycles. The predicted octanol–water partition coefficient (Wildman–Crippen LogP) is 3.19. The van der Waals surface area contributed by atoms with Crippen LogP contribution in [-0.4, -0.2) is 23.8 Å². The maximum Gasteiger partial charge on any atom is 0.403 e. The van der Waals surface area contributed by atoms with Crippen LogP contribution >= 0.6 is 0 Å². The number of rotatable bonds is 5. The molecule has 0 amide bonds. The Balaban J connectivity index is 2.07. The molecule has 0 saturated carbocycles. The van der Waals surface area contributed by atoms with Gasteiger partial charge in [0.2, 0.25) is 0 Å². The van der Waals surface area contributed by atoms with Crippen LogP contribution < -0.4 is 5.32 Å². The number of halogens is 3. The fraction of sp³-hybridized carbons (Fsp3) is 0.267. The van der Waals surface area contributed by atoms with E-state index in [1.165, 1.54) is 0 Å². The maximum atomic E-state index is 12.5. The van der Waals surface area contributed by atoms with Crippen molar-refractivity contribution < 1.29 is 23.1 Å². The molecule has 0 radical (unpaired) electrons. The van der Waals surface area contributed by atoms with E-state index in [4.69, 9.17) is 5.11 Å². The molecule has 6 heteroatoms. The summed E-state index contributed by atoms with van der Waals surface area (Å²) in [5.41, 5.74) is 0.833. The first-order valence-electron chi connectivity index (χ1n) is 6.36.